The summed E-state index contributed by atoms with van der Waals surface area (Å²) in [5.41, 5.74) is 6.16. The van der Waals surface area contributed by atoms with Crippen molar-refractivity contribution in [3.8, 4) is 0 Å². The number of imide groups is 1. The van der Waals surface area contributed by atoms with Crippen molar-refractivity contribution in [1.82, 2.24) is 10.3 Å². The quantitative estimate of drug-likeness (QED) is 0.640. The summed E-state index contributed by atoms with van der Waals surface area (Å²) < 4.78 is 0. The standard InChI is InChI=1S/C17H21N3O3/c21-15(19-18-12-6-2-1-3-7-12)10-11-20-16(22)13-8-4-5-9-14(13)17(20)23/h1-3,6-7,13-14,18H,4-5,8-11H2,(H,19,21). The second-order valence-corrected chi connectivity index (χ2v) is 6.11. The number of carbonyl (C=O) groups is 3. The minimum Gasteiger partial charge on any atom is -0.299 e. The lowest BCUT2D eigenvalue weighted by Gasteiger charge is -2.19. The average Bonchev–Trinajstić information content (AvgIpc) is 2.83. The highest BCUT2D eigenvalue weighted by Gasteiger charge is 2.47. The third-order valence-corrected chi connectivity index (χ3v) is 4.61. The van der Waals surface area contributed by atoms with E-state index in [1.54, 1.807) is 0 Å². The number of amides is 3. The molecule has 2 fully saturated rings. The summed E-state index contributed by atoms with van der Waals surface area (Å²) >= 11 is 0. The van der Waals surface area contributed by atoms with Crippen LogP contribution < -0.4 is 10.9 Å². The number of hydrogen-bond acceptors (Lipinski definition) is 4. The van der Waals surface area contributed by atoms with Crippen molar-refractivity contribution in [1.29, 1.82) is 0 Å². The fourth-order valence-corrected chi connectivity index (χ4v) is 3.39. The first-order valence-electron chi connectivity index (χ1n) is 8.12. The van der Waals surface area contributed by atoms with Crippen LogP contribution >= 0.6 is 0 Å². The number of benzene rings is 1. The Morgan fingerprint density at radius 2 is 1.65 bits per heavy atom. The van der Waals surface area contributed by atoms with Crippen molar-refractivity contribution < 1.29 is 14.4 Å². The SMILES string of the molecule is O=C(CCN1C(=O)C2CCCCC2C1=O)NNc1ccccc1. The summed E-state index contributed by atoms with van der Waals surface area (Å²) in [5, 5.41) is 0. The molecule has 0 aromatic heterocycles. The van der Waals surface area contributed by atoms with Gasteiger partial charge in [-0.2, -0.15) is 0 Å². The maximum atomic E-state index is 12.3. The van der Waals surface area contributed by atoms with Crippen LogP contribution in [0.25, 0.3) is 0 Å². The van der Waals surface area contributed by atoms with Gasteiger partial charge in [0.15, 0.2) is 0 Å². The topological polar surface area (TPSA) is 78.5 Å². The average molecular weight is 315 g/mol. The number of fused-ring (bicyclic) bond motifs is 1. The van der Waals surface area contributed by atoms with Crippen LogP contribution in [0.2, 0.25) is 0 Å². The van der Waals surface area contributed by atoms with Crippen molar-refractivity contribution in [3.63, 3.8) is 0 Å². The van der Waals surface area contributed by atoms with E-state index in [1.165, 1.54) is 4.90 Å². The monoisotopic (exact) mass is 315 g/mol. The van der Waals surface area contributed by atoms with Gasteiger partial charge in [-0.05, 0) is 25.0 Å². The zero-order valence-electron chi connectivity index (χ0n) is 13.0. The molecule has 2 atom stereocenters. The van der Waals surface area contributed by atoms with E-state index in [1.807, 2.05) is 30.3 Å². The molecule has 0 spiro atoms. The third kappa shape index (κ3) is 3.36. The molecule has 2 aliphatic rings. The van der Waals surface area contributed by atoms with Crippen molar-refractivity contribution in [3.05, 3.63) is 30.3 Å². The predicted molar refractivity (Wildman–Crippen MR) is 85.0 cm³/mol. The van der Waals surface area contributed by atoms with E-state index in [9.17, 15) is 14.4 Å². The van der Waals surface area contributed by atoms with Crippen molar-refractivity contribution >= 4 is 23.4 Å². The molecule has 3 amide bonds. The summed E-state index contributed by atoms with van der Waals surface area (Å²) in [5.74, 6) is -0.736. The van der Waals surface area contributed by atoms with Gasteiger partial charge in [0.25, 0.3) is 0 Å². The number of rotatable bonds is 5. The zero-order chi connectivity index (χ0) is 16.2. The van der Waals surface area contributed by atoms with Gasteiger partial charge in [0.05, 0.1) is 17.5 Å². The Morgan fingerprint density at radius 3 is 2.26 bits per heavy atom. The van der Waals surface area contributed by atoms with Gasteiger partial charge in [-0.25, -0.2) is 0 Å². The van der Waals surface area contributed by atoms with Crippen LogP contribution in [0, 0.1) is 11.8 Å². The van der Waals surface area contributed by atoms with E-state index in [0.717, 1.165) is 31.4 Å². The molecular weight excluding hydrogens is 294 g/mol. The molecule has 2 unspecified atom stereocenters. The first-order chi connectivity index (χ1) is 11.2. The molecule has 2 N–H and O–H groups in total. The summed E-state index contributed by atoms with van der Waals surface area (Å²) in [6, 6.07) is 9.27. The van der Waals surface area contributed by atoms with Gasteiger partial charge in [0.1, 0.15) is 0 Å². The molecule has 1 saturated heterocycles. The van der Waals surface area contributed by atoms with Crippen LogP contribution in [0.4, 0.5) is 5.69 Å². The van der Waals surface area contributed by atoms with Crippen LogP contribution in [-0.2, 0) is 14.4 Å². The largest absolute Gasteiger partial charge is 0.299 e. The molecule has 1 aliphatic carbocycles. The minimum atomic E-state index is -0.246. The highest BCUT2D eigenvalue weighted by molar-refractivity contribution is 6.05. The van der Waals surface area contributed by atoms with E-state index in [-0.39, 0.29) is 42.5 Å². The van der Waals surface area contributed by atoms with Crippen LogP contribution in [0.1, 0.15) is 32.1 Å². The molecule has 122 valence electrons. The first-order valence-corrected chi connectivity index (χ1v) is 8.12. The number of nitrogens with one attached hydrogen (secondary N) is 2. The lowest BCUT2D eigenvalue weighted by atomic mass is 9.81. The number of hydrogen-bond donors (Lipinski definition) is 2. The number of nitrogens with zero attached hydrogens (tertiary/aromatic N) is 1. The molecule has 6 heteroatoms. The molecule has 6 nitrogen and oxygen atoms in total. The zero-order valence-corrected chi connectivity index (χ0v) is 13.0. The molecule has 0 radical (unpaired) electrons. The predicted octanol–water partition coefficient (Wildman–Crippen LogP) is 1.69. The van der Waals surface area contributed by atoms with E-state index in [0.29, 0.717) is 0 Å². The maximum Gasteiger partial charge on any atom is 0.240 e. The maximum absolute atomic E-state index is 12.3. The first kappa shape index (κ1) is 15.5. The van der Waals surface area contributed by atoms with Gasteiger partial charge in [0, 0.05) is 13.0 Å². The van der Waals surface area contributed by atoms with Crippen LogP contribution in [0.3, 0.4) is 0 Å². The third-order valence-electron chi connectivity index (χ3n) is 4.61. The summed E-state index contributed by atoms with van der Waals surface area (Å²) in [7, 11) is 0. The van der Waals surface area contributed by atoms with Gasteiger partial charge in [0.2, 0.25) is 17.7 Å². The Morgan fingerprint density at radius 1 is 1.04 bits per heavy atom. The fraction of sp³-hybridized carbons (Fsp3) is 0.471. The van der Waals surface area contributed by atoms with Crippen LogP contribution in [0.5, 0.6) is 0 Å². The Kier molecular flexibility index (Phi) is 4.60. The molecular formula is C17H21N3O3. The molecule has 1 aromatic rings. The van der Waals surface area contributed by atoms with Crippen molar-refractivity contribution in [2.24, 2.45) is 11.8 Å². The number of hydrazine groups is 1. The summed E-state index contributed by atoms with van der Waals surface area (Å²) in [6.07, 6.45) is 3.72. The van der Waals surface area contributed by atoms with E-state index in [2.05, 4.69) is 10.9 Å². The van der Waals surface area contributed by atoms with Gasteiger partial charge in [-0.1, -0.05) is 31.0 Å². The molecule has 1 heterocycles. The lowest BCUT2D eigenvalue weighted by molar-refractivity contribution is -0.140. The Bertz CT molecular complexity index is 578. The van der Waals surface area contributed by atoms with Gasteiger partial charge in [-0.3, -0.25) is 30.1 Å². The van der Waals surface area contributed by atoms with E-state index >= 15 is 0 Å². The summed E-state index contributed by atoms with van der Waals surface area (Å²) in [6.45, 7) is 0.160. The highest BCUT2D eigenvalue weighted by Crippen LogP contribution is 2.37. The number of para-hydroxylation sites is 1. The van der Waals surface area contributed by atoms with Crippen molar-refractivity contribution in [2.75, 3.05) is 12.0 Å². The second-order valence-electron chi connectivity index (χ2n) is 6.11. The van der Waals surface area contributed by atoms with Crippen LogP contribution in [-0.4, -0.2) is 29.2 Å². The summed E-state index contributed by atoms with van der Waals surface area (Å²) in [4.78, 5) is 37.8. The van der Waals surface area contributed by atoms with Crippen LogP contribution in [0.15, 0.2) is 30.3 Å². The minimum absolute atomic E-state index is 0.0940. The number of anilines is 1. The highest BCUT2D eigenvalue weighted by atomic mass is 16.2. The second kappa shape index (κ2) is 6.81. The van der Waals surface area contributed by atoms with Crippen molar-refractivity contribution in [2.45, 2.75) is 32.1 Å². The number of likely N-dealkylation sites (tertiary alicyclic amines) is 1. The molecule has 0 bridgehead atoms. The Labute approximate surface area is 135 Å². The Hall–Kier alpha value is -2.37. The van der Waals surface area contributed by atoms with Gasteiger partial charge >= 0.3 is 0 Å². The molecule has 1 aliphatic heterocycles. The lowest BCUT2D eigenvalue weighted by Crippen LogP contribution is -2.37. The number of carbonyl (C=O) groups excluding carboxylic acids is 3. The normalized spacial score (nSPS) is 23.6. The van der Waals surface area contributed by atoms with E-state index < -0.39 is 0 Å². The van der Waals surface area contributed by atoms with Gasteiger partial charge in [-0.15, -0.1) is 0 Å². The fourth-order valence-electron chi connectivity index (χ4n) is 3.39. The molecule has 1 aromatic carbocycles. The van der Waals surface area contributed by atoms with E-state index in [4.69, 9.17) is 0 Å². The molecule has 3 rings (SSSR count). The smallest absolute Gasteiger partial charge is 0.240 e. The molecule has 23 heavy (non-hydrogen) atoms. The van der Waals surface area contributed by atoms with Gasteiger partial charge < -0.3 is 0 Å². The Balaban J connectivity index is 1.49. The molecule has 1 saturated carbocycles.